The van der Waals surface area contributed by atoms with Gasteiger partial charge in [0.2, 0.25) is 10.0 Å². The first-order valence-corrected chi connectivity index (χ1v) is 12.8. The highest BCUT2D eigenvalue weighted by Gasteiger charge is 2.31. The SMILES string of the molecule is Cc1ccc(C(=O)C2CCN(C(=O)c3cc(S(=O)(=O)N4CCCC4)ccc3Cl)CC2)cc1. The van der Waals surface area contributed by atoms with Crippen molar-refractivity contribution in [2.45, 2.75) is 37.5 Å². The predicted molar refractivity (Wildman–Crippen MR) is 124 cm³/mol. The Morgan fingerprint density at radius 2 is 1.56 bits per heavy atom. The molecule has 0 spiro atoms. The molecule has 0 saturated carbocycles. The van der Waals surface area contributed by atoms with Gasteiger partial charge in [-0.3, -0.25) is 9.59 Å². The van der Waals surface area contributed by atoms with Gasteiger partial charge in [0.05, 0.1) is 15.5 Å². The molecule has 0 N–H and O–H groups in total. The van der Waals surface area contributed by atoms with E-state index >= 15 is 0 Å². The van der Waals surface area contributed by atoms with Gasteiger partial charge in [0.1, 0.15) is 0 Å². The highest BCUT2D eigenvalue weighted by molar-refractivity contribution is 7.89. The van der Waals surface area contributed by atoms with Gasteiger partial charge >= 0.3 is 0 Å². The number of carbonyl (C=O) groups is 2. The summed E-state index contributed by atoms with van der Waals surface area (Å²) in [5.41, 5.74) is 1.99. The van der Waals surface area contributed by atoms with E-state index in [1.165, 1.54) is 22.5 Å². The lowest BCUT2D eigenvalue weighted by Gasteiger charge is -2.31. The second-order valence-corrected chi connectivity index (χ2v) is 10.9. The largest absolute Gasteiger partial charge is 0.339 e. The van der Waals surface area contributed by atoms with E-state index in [1.807, 2.05) is 31.2 Å². The minimum absolute atomic E-state index is 0.0941. The number of benzene rings is 2. The lowest BCUT2D eigenvalue weighted by Crippen LogP contribution is -2.40. The number of Topliss-reactive ketones (excluding diaryl/α,β-unsaturated/α-hetero) is 1. The van der Waals surface area contributed by atoms with E-state index in [-0.39, 0.29) is 33.1 Å². The maximum Gasteiger partial charge on any atom is 0.255 e. The molecule has 0 aliphatic carbocycles. The first-order chi connectivity index (χ1) is 15.3. The third-order valence-corrected chi connectivity index (χ3v) is 8.58. The molecule has 6 nitrogen and oxygen atoms in total. The van der Waals surface area contributed by atoms with Crippen LogP contribution in [0.2, 0.25) is 5.02 Å². The summed E-state index contributed by atoms with van der Waals surface area (Å²) >= 11 is 6.28. The molecule has 8 heteroatoms. The summed E-state index contributed by atoms with van der Waals surface area (Å²) in [6, 6.07) is 11.9. The van der Waals surface area contributed by atoms with Crippen molar-refractivity contribution in [3.8, 4) is 0 Å². The fraction of sp³-hybridized carbons (Fsp3) is 0.417. The van der Waals surface area contributed by atoms with Gasteiger partial charge in [-0.2, -0.15) is 4.31 Å². The number of aryl methyl sites for hydroxylation is 1. The summed E-state index contributed by atoms with van der Waals surface area (Å²) in [5, 5.41) is 0.230. The molecule has 2 fully saturated rings. The first kappa shape index (κ1) is 23.0. The van der Waals surface area contributed by atoms with Crippen LogP contribution in [0.3, 0.4) is 0 Å². The number of hydrogen-bond donors (Lipinski definition) is 0. The molecule has 0 atom stereocenters. The minimum atomic E-state index is -3.64. The van der Waals surface area contributed by atoms with Gasteiger partial charge in [-0.25, -0.2) is 8.42 Å². The van der Waals surface area contributed by atoms with E-state index < -0.39 is 10.0 Å². The monoisotopic (exact) mass is 474 g/mol. The van der Waals surface area contributed by atoms with Crippen molar-refractivity contribution >= 4 is 33.3 Å². The zero-order valence-corrected chi connectivity index (χ0v) is 19.7. The summed E-state index contributed by atoms with van der Waals surface area (Å²) in [5.74, 6) is -0.317. The van der Waals surface area contributed by atoms with Crippen molar-refractivity contribution in [1.29, 1.82) is 0 Å². The molecule has 170 valence electrons. The number of sulfonamides is 1. The molecule has 2 heterocycles. The Morgan fingerprint density at radius 1 is 0.938 bits per heavy atom. The van der Waals surface area contributed by atoms with E-state index in [2.05, 4.69) is 0 Å². The van der Waals surface area contributed by atoms with Crippen LogP contribution < -0.4 is 0 Å². The summed E-state index contributed by atoms with van der Waals surface area (Å²) < 4.78 is 27.2. The molecule has 2 aromatic carbocycles. The van der Waals surface area contributed by atoms with Crippen LogP contribution in [0.5, 0.6) is 0 Å². The van der Waals surface area contributed by atoms with E-state index in [9.17, 15) is 18.0 Å². The number of piperidine rings is 1. The zero-order valence-electron chi connectivity index (χ0n) is 18.1. The fourth-order valence-corrected chi connectivity index (χ4v) is 6.12. The van der Waals surface area contributed by atoms with E-state index in [0.717, 1.165) is 18.4 Å². The molecule has 2 aliphatic rings. The molecule has 4 rings (SSSR count). The smallest absolute Gasteiger partial charge is 0.255 e. The summed E-state index contributed by atoms with van der Waals surface area (Å²) in [4.78, 5) is 27.7. The molecular formula is C24H27ClN2O4S. The van der Waals surface area contributed by atoms with Crippen LogP contribution in [0.15, 0.2) is 47.4 Å². The predicted octanol–water partition coefficient (Wildman–Crippen LogP) is 4.17. The van der Waals surface area contributed by atoms with Crippen molar-refractivity contribution in [3.63, 3.8) is 0 Å². The van der Waals surface area contributed by atoms with E-state index in [4.69, 9.17) is 11.6 Å². The fourth-order valence-electron chi connectivity index (χ4n) is 4.37. The zero-order chi connectivity index (χ0) is 22.9. The summed E-state index contributed by atoms with van der Waals surface area (Å²) in [6.45, 7) is 3.84. The topological polar surface area (TPSA) is 74.8 Å². The van der Waals surface area contributed by atoms with Crippen LogP contribution >= 0.6 is 11.6 Å². The molecule has 0 aromatic heterocycles. The van der Waals surface area contributed by atoms with Gasteiger partial charge in [-0.1, -0.05) is 41.4 Å². The third-order valence-electron chi connectivity index (χ3n) is 6.36. The Labute approximate surface area is 194 Å². The summed E-state index contributed by atoms with van der Waals surface area (Å²) in [6.07, 6.45) is 2.83. The molecule has 0 bridgehead atoms. The second-order valence-electron chi connectivity index (χ2n) is 8.55. The highest BCUT2D eigenvalue weighted by Crippen LogP contribution is 2.28. The molecule has 0 unspecified atom stereocenters. The number of amides is 1. The molecule has 2 aromatic rings. The Hall–Kier alpha value is -2.22. The van der Waals surface area contributed by atoms with Crippen molar-refractivity contribution in [1.82, 2.24) is 9.21 Å². The number of ketones is 1. The number of rotatable bonds is 5. The lowest BCUT2D eigenvalue weighted by atomic mass is 9.88. The Bertz CT molecular complexity index is 1120. The van der Waals surface area contributed by atoms with Crippen molar-refractivity contribution < 1.29 is 18.0 Å². The average molecular weight is 475 g/mol. The second kappa shape index (κ2) is 9.33. The average Bonchev–Trinajstić information content (AvgIpc) is 3.35. The maximum absolute atomic E-state index is 13.2. The van der Waals surface area contributed by atoms with Crippen molar-refractivity contribution in [3.05, 3.63) is 64.2 Å². The Balaban J connectivity index is 1.46. The standard InChI is InChI=1S/C24H27ClN2O4S/c1-17-4-6-18(7-5-17)23(28)19-10-14-26(15-11-19)24(29)21-16-20(8-9-22(21)25)32(30,31)27-12-2-3-13-27/h4-9,16,19H,2-3,10-15H2,1H3. The minimum Gasteiger partial charge on any atom is -0.339 e. The summed E-state index contributed by atoms with van der Waals surface area (Å²) in [7, 11) is -3.64. The van der Waals surface area contributed by atoms with Crippen molar-refractivity contribution in [2.24, 2.45) is 5.92 Å². The van der Waals surface area contributed by atoms with E-state index in [1.54, 1.807) is 4.90 Å². The van der Waals surface area contributed by atoms with Crippen LogP contribution in [0, 0.1) is 12.8 Å². The van der Waals surface area contributed by atoms with Gasteiger partial charge in [0.25, 0.3) is 5.91 Å². The first-order valence-electron chi connectivity index (χ1n) is 11.0. The van der Waals surface area contributed by atoms with Crippen molar-refractivity contribution in [2.75, 3.05) is 26.2 Å². The van der Waals surface area contributed by atoms with Gasteiger partial charge in [0.15, 0.2) is 5.78 Å². The quantitative estimate of drug-likeness (QED) is 0.609. The molecule has 1 amide bonds. The molecule has 32 heavy (non-hydrogen) atoms. The molecule has 2 saturated heterocycles. The number of nitrogens with zero attached hydrogens (tertiary/aromatic N) is 2. The number of hydrogen-bond acceptors (Lipinski definition) is 4. The van der Waals surface area contributed by atoms with E-state index in [0.29, 0.717) is 44.6 Å². The lowest BCUT2D eigenvalue weighted by molar-refractivity contribution is 0.0650. The Morgan fingerprint density at radius 3 is 2.19 bits per heavy atom. The number of carbonyl (C=O) groups excluding carboxylic acids is 2. The van der Waals surface area contributed by atoms with Crippen LogP contribution in [0.25, 0.3) is 0 Å². The molecular weight excluding hydrogens is 448 g/mol. The molecule has 2 aliphatic heterocycles. The van der Waals surface area contributed by atoms with Crippen LogP contribution in [-0.2, 0) is 10.0 Å². The number of halogens is 1. The maximum atomic E-state index is 13.2. The van der Waals surface area contributed by atoms with Gasteiger partial charge in [0, 0.05) is 37.7 Å². The third kappa shape index (κ3) is 4.60. The van der Waals surface area contributed by atoms with Gasteiger partial charge in [-0.15, -0.1) is 0 Å². The van der Waals surface area contributed by atoms with Crippen LogP contribution in [-0.4, -0.2) is 55.5 Å². The normalized spacial score (nSPS) is 18.1. The van der Waals surface area contributed by atoms with Crippen LogP contribution in [0.1, 0.15) is 52.0 Å². The Kier molecular flexibility index (Phi) is 6.70. The van der Waals surface area contributed by atoms with Crippen LogP contribution in [0.4, 0.5) is 0 Å². The highest BCUT2D eigenvalue weighted by atomic mass is 35.5. The van der Waals surface area contributed by atoms with Gasteiger partial charge in [-0.05, 0) is 50.8 Å². The van der Waals surface area contributed by atoms with Gasteiger partial charge < -0.3 is 4.90 Å². The number of likely N-dealkylation sites (tertiary alicyclic amines) is 1. The molecule has 0 radical (unpaired) electrons.